The van der Waals surface area contributed by atoms with E-state index in [4.69, 9.17) is 4.74 Å². The van der Waals surface area contributed by atoms with Gasteiger partial charge in [-0.2, -0.15) is 0 Å². The molecule has 16 heavy (non-hydrogen) atoms. The highest BCUT2D eigenvalue weighted by Gasteiger charge is 2.33. The largest absolute Gasteiger partial charge is 0.496 e. The van der Waals surface area contributed by atoms with Crippen molar-refractivity contribution in [3.05, 3.63) is 26.7 Å². The Bertz CT molecular complexity index is 422. The average Bonchev–Trinajstić information content (AvgIpc) is 2.18. The molecular weight excluding hydrogens is 278 g/mol. The Morgan fingerprint density at radius 1 is 1.06 bits per heavy atom. The minimum absolute atomic E-state index is 0.0371. The van der Waals surface area contributed by atoms with Gasteiger partial charge in [-0.15, -0.1) is 0 Å². The summed E-state index contributed by atoms with van der Waals surface area (Å²) in [6, 6.07) is 0. The highest BCUT2D eigenvalue weighted by atomic mass is 79.9. The number of hydrogen-bond donors (Lipinski definition) is 0. The van der Waals surface area contributed by atoms with Gasteiger partial charge in [0.1, 0.15) is 5.75 Å². The van der Waals surface area contributed by atoms with E-state index in [1.807, 2.05) is 6.92 Å². The molecule has 4 heteroatoms. The third-order valence-corrected chi connectivity index (χ3v) is 4.00. The third-order valence-electron chi connectivity index (χ3n) is 2.81. The maximum absolute atomic E-state index is 13.6. The Labute approximate surface area is 103 Å². The molecular formula is C12H15BrF2O. The molecule has 0 aliphatic heterocycles. The smallest absolute Gasteiger partial charge is 0.274 e. The van der Waals surface area contributed by atoms with E-state index in [-0.39, 0.29) is 11.3 Å². The van der Waals surface area contributed by atoms with Crippen molar-refractivity contribution in [2.24, 2.45) is 0 Å². The van der Waals surface area contributed by atoms with Gasteiger partial charge in [0.05, 0.1) is 12.7 Å². The summed E-state index contributed by atoms with van der Waals surface area (Å²) in [6.07, 6.45) is 0. The van der Waals surface area contributed by atoms with Crippen LogP contribution in [0.2, 0.25) is 0 Å². The van der Waals surface area contributed by atoms with Gasteiger partial charge in [-0.25, -0.2) is 8.78 Å². The fraction of sp³-hybridized carbons (Fsp3) is 0.500. The molecule has 0 saturated carbocycles. The summed E-state index contributed by atoms with van der Waals surface area (Å²) < 4.78 is 33.0. The van der Waals surface area contributed by atoms with Gasteiger partial charge < -0.3 is 4.74 Å². The van der Waals surface area contributed by atoms with Crippen LogP contribution in [0.25, 0.3) is 0 Å². The van der Waals surface area contributed by atoms with Crippen molar-refractivity contribution < 1.29 is 13.5 Å². The molecule has 1 rings (SSSR count). The van der Waals surface area contributed by atoms with Crippen molar-refractivity contribution in [1.82, 2.24) is 0 Å². The number of methoxy groups -OCH3 is 1. The molecule has 0 aliphatic carbocycles. The van der Waals surface area contributed by atoms with Gasteiger partial charge in [-0.3, -0.25) is 0 Å². The van der Waals surface area contributed by atoms with Crippen LogP contribution < -0.4 is 4.74 Å². The number of hydrogen-bond acceptors (Lipinski definition) is 1. The van der Waals surface area contributed by atoms with Crippen molar-refractivity contribution in [2.75, 3.05) is 7.11 Å². The SMILES string of the molecule is COc1c(C)c(C)c(Br)c(C)c1C(C)(F)F. The van der Waals surface area contributed by atoms with Crippen LogP contribution in [0.4, 0.5) is 8.78 Å². The molecule has 0 fully saturated rings. The Morgan fingerprint density at radius 2 is 1.56 bits per heavy atom. The molecule has 0 amide bonds. The zero-order valence-corrected chi connectivity index (χ0v) is 11.6. The highest BCUT2D eigenvalue weighted by molar-refractivity contribution is 9.10. The second-order valence-electron chi connectivity index (χ2n) is 3.99. The van der Waals surface area contributed by atoms with Crippen molar-refractivity contribution >= 4 is 15.9 Å². The first-order chi connectivity index (χ1) is 7.21. The number of alkyl halides is 2. The standard InChI is InChI=1S/C12H15BrF2O/c1-6-7(2)11(16-5)9(12(4,14)15)8(3)10(6)13/h1-5H3. The van der Waals surface area contributed by atoms with Crippen LogP contribution in [-0.4, -0.2) is 7.11 Å². The lowest BCUT2D eigenvalue weighted by Crippen LogP contribution is -2.14. The lowest BCUT2D eigenvalue weighted by Gasteiger charge is -2.22. The molecule has 0 spiro atoms. The van der Waals surface area contributed by atoms with Crippen LogP contribution in [0.1, 0.15) is 29.2 Å². The summed E-state index contributed by atoms with van der Waals surface area (Å²) in [6.45, 7) is 6.23. The van der Waals surface area contributed by atoms with Crippen LogP contribution in [-0.2, 0) is 5.92 Å². The number of ether oxygens (including phenoxy) is 1. The van der Waals surface area contributed by atoms with Crippen LogP contribution in [0.5, 0.6) is 5.75 Å². The fourth-order valence-corrected chi connectivity index (χ4v) is 2.36. The molecule has 0 aliphatic rings. The van der Waals surface area contributed by atoms with Crippen molar-refractivity contribution in [2.45, 2.75) is 33.6 Å². The number of halogens is 3. The Kier molecular flexibility index (Phi) is 3.62. The summed E-state index contributed by atoms with van der Waals surface area (Å²) in [5, 5.41) is 0. The third kappa shape index (κ3) is 2.08. The first-order valence-corrected chi connectivity index (χ1v) is 5.72. The summed E-state index contributed by atoms with van der Waals surface area (Å²) >= 11 is 3.35. The van der Waals surface area contributed by atoms with Gasteiger partial charge in [-0.1, -0.05) is 15.9 Å². The normalized spacial score (nSPS) is 11.8. The van der Waals surface area contributed by atoms with E-state index in [1.165, 1.54) is 7.11 Å². The van der Waals surface area contributed by atoms with Crippen LogP contribution in [0.15, 0.2) is 4.47 Å². The summed E-state index contributed by atoms with van der Waals surface area (Å²) in [4.78, 5) is 0. The number of rotatable bonds is 2. The van der Waals surface area contributed by atoms with Gasteiger partial charge >= 0.3 is 0 Å². The second kappa shape index (κ2) is 4.32. The molecule has 90 valence electrons. The summed E-state index contributed by atoms with van der Waals surface area (Å²) in [5.41, 5.74) is 2.18. The van der Waals surface area contributed by atoms with Gasteiger partial charge in [0.2, 0.25) is 0 Å². The molecule has 0 heterocycles. The van der Waals surface area contributed by atoms with E-state index in [9.17, 15) is 8.78 Å². The molecule has 0 atom stereocenters. The van der Waals surface area contributed by atoms with E-state index in [0.717, 1.165) is 22.5 Å². The van der Waals surface area contributed by atoms with Crippen LogP contribution in [0, 0.1) is 20.8 Å². The van der Waals surface area contributed by atoms with Gasteiger partial charge in [-0.05, 0) is 37.5 Å². The van der Waals surface area contributed by atoms with E-state index in [2.05, 4.69) is 15.9 Å². The van der Waals surface area contributed by atoms with Gasteiger partial charge in [0.25, 0.3) is 5.92 Å². The first-order valence-electron chi connectivity index (χ1n) is 4.93. The molecule has 1 aromatic rings. The lowest BCUT2D eigenvalue weighted by molar-refractivity contribution is 0.0142. The molecule has 0 unspecified atom stereocenters. The molecule has 1 nitrogen and oxygen atoms in total. The number of benzene rings is 1. The molecule has 1 aromatic carbocycles. The Hall–Kier alpha value is -0.640. The molecule has 0 aromatic heterocycles. The van der Waals surface area contributed by atoms with Gasteiger partial charge in [0, 0.05) is 11.4 Å². The molecule has 0 N–H and O–H groups in total. The monoisotopic (exact) mass is 292 g/mol. The van der Waals surface area contributed by atoms with Crippen molar-refractivity contribution in [3.63, 3.8) is 0 Å². The maximum Gasteiger partial charge on any atom is 0.274 e. The van der Waals surface area contributed by atoms with E-state index < -0.39 is 5.92 Å². The summed E-state index contributed by atoms with van der Waals surface area (Å²) in [7, 11) is 1.42. The van der Waals surface area contributed by atoms with Gasteiger partial charge in [0.15, 0.2) is 0 Å². The van der Waals surface area contributed by atoms with Crippen LogP contribution >= 0.6 is 15.9 Å². The predicted octanol–water partition coefficient (Wildman–Crippen LogP) is 4.49. The van der Waals surface area contributed by atoms with Crippen molar-refractivity contribution in [1.29, 1.82) is 0 Å². The fourth-order valence-electron chi connectivity index (χ4n) is 1.87. The zero-order chi connectivity index (χ0) is 12.7. The predicted molar refractivity (Wildman–Crippen MR) is 64.5 cm³/mol. The maximum atomic E-state index is 13.6. The van der Waals surface area contributed by atoms with E-state index in [0.29, 0.717) is 5.56 Å². The van der Waals surface area contributed by atoms with E-state index in [1.54, 1.807) is 13.8 Å². The minimum atomic E-state index is -2.91. The van der Waals surface area contributed by atoms with Crippen LogP contribution in [0.3, 0.4) is 0 Å². The van der Waals surface area contributed by atoms with Crippen molar-refractivity contribution in [3.8, 4) is 5.75 Å². The Morgan fingerprint density at radius 3 is 1.94 bits per heavy atom. The average molecular weight is 293 g/mol. The summed E-state index contributed by atoms with van der Waals surface area (Å²) in [5.74, 6) is -2.62. The zero-order valence-electron chi connectivity index (χ0n) is 10.0. The second-order valence-corrected chi connectivity index (χ2v) is 4.78. The molecule has 0 saturated heterocycles. The first kappa shape index (κ1) is 13.4. The quantitative estimate of drug-likeness (QED) is 0.780. The highest BCUT2D eigenvalue weighted by Crippen LogP contribution is 2.43. The minimum Gasteiger partial charge on any atom is -0.496 e. The molecule has 0 radical (unpaired) electrons. The van der Waals surface area contributed by atoms with E-state index >= 15 is 0 Å². The lowest BCUT2D eigenvalue weighted by atomic mass is 9.95. The molecule has 0 bridgehead atoms. The topological polar surface area (TPSA) is 9.23 Å². The Balaban J connectivity index is 3.72.